The maximum absolute atomic E-state index is 13.1. The number of aromatic nitrogens is 3. The van der Waals surface area contributed by atoms with E-state index in [9.17, 15) is 4.79 Å². The van der Waals surface area contributed by atoms with Gasteiger partial charge in [-0.25, -0.2) is 9.97 Å². The smallest absolute Gasteiger partial charge is 0.255 e. The van der Waals surface area contributed by atoms with Crippen molar-refractivity contribution in [3.05, 3.63) is 114 Å². The van der Waals surface area contributed by atoms with E-state index in [1.807, 2.05) is 90.4 Å². The second kappa shape index (κ2) is 11.9. The van der Waals surface area contributed by atoms with Gasteiger partial charge in [0.1, 0.15) is 0 Å². The van der Waals surface area contributed by atoms with Crippen molar-refractivity contribution in [3.8, 4) is 11.3 Å². The van der Waals surface area contributed by atoms with E-state index in [2.05, 4.69) is 48.3 Å². The standard InChI is InChI=1S/C34H37N7O/c1-22-28(7-6-8-29(22)40-33(42)25-9-13-26(14-10-25)34(3,4)5)30-21-41-20-19-37-32(41)31(39-30)38-27-15-11-24(12-16-27)23(2)36-18-17-35/h6-16,19-21,36H,2,17-18,35H2,1,3-5H3,(H,38,39)(H,40,42). The van der Waals surface area contributed by atoms with Crippen LogP contribution >= 0.6 is 0 Å². The van der Waals surface area contributed by atoms with Gasteiger partial charge in [0.05, 0.1) is 5.69 Å². The Hall–Kier alpha value is -4.95. The maximum atomic E-state index is 13.1. The lowest BCUT2D eigenvalue weighted by Gasteiger charge is -2.19. The molecule has 0 fully saturated rings. The van der Waals surface area contributed by atoms with Crippen LogP contribution in [0.2, 0.25) is 0 Å². The van der Waals surface area contributed by atoms with Crippen LogP contribution in [-0.4, -0.2) is 33.4 Å². The molecule has 42 heavy (non-hydrogen) atoms. The third-order valence-corrected chi connectivity index (χ3v) is 7.22. The molecule has 0 aliphatic rings. The summed E-state index contributed by atoms with van der Waals surface area (Å²) < 4.78 is 1.94. The fourth-order valence-electron chi connectivity index (χ4n) is 4.73. The van der Waals surface area contributed by atoms with Gasteiger partial charge in [-0.15, -0.1) is 0 Å². The third-order valence-electron chi connectivity index (χ3n) is 7.22. The molecule has 8 heteroatoms. The number of nitrogens with one attached hydrogen (secondary N) is 3. The summed E-state index contributed by atoms with van der Waals surface area (Å²) >= 11 is 0. The second-order valence-corrected chi connectivity index (χ2v) is 11.3. The summed E-state index contributed by atoms with van der Waals surface area (Å²) in [5.41, 5.74) is 14.1. The van der Waals surface area contributed by atoms with Crippen molar-refractivity contribution in [2.24, 2.45) is 5.73 Å². The fraction of sp³-hybridized carbons (Fsp3) is 0.206. The number of hydrogen-bond acceptors (Lipinski definition) is 6. The summed E-state index contributed by atoms with van der Waals surface area (Å²) in [7, 11) is 0. The zero-order chi connectivity index (χ0) is 29.9. The van der Waals surface area contributed by atoms with Crippen LogP contribution in [0.1, 0.15) is 47.8 Å². The van der Waals surface area contributed by atoms with Gasteiger partial charge in [-0.2, -0.15) is 0 Å². The Morgan fingerprint density at radius 2 is 1.71 bits per heavy atom. The average Bonchev–Trinajstić information content (AvgIpc) is 3.46. The minimum Gasteiger partial charge on any atom is -0.384 e. The normalized spacial score (nSPS) is 11.4. The predicted octanol–water partition coefficient (Wildman–Crippen LogP) is 6.52. The van der Waals surface area contributed by atoms with Crippen LogP contribution in [0.3, 0.4) is 0 Å². The highest BCUT2D eigenvalue weighted by atomic mass is 16.1. The van der Waals surface area contributed by atoms with E-state index < -0.39 is 0 Å². The zero-order valence-corrected chi connectivity index (χ0v) is 24.5. The molecule has 0 radical (unpaired) electrons. The molecule has 0 spiro atoms. The molecule has 1 amide bonds. The number of imidazole rings is 1. The van der Waals surface area contributed by atoms with Crippen molar-refractivity contribution in [1.29, 1.82) is 0 Å². The number of nitrogens with two attached hydrogens (primary N) is 1. The Bertz CT molecular complexity index is 1730. The molecule has 0 unspecified atom stereocenters. The number of carbonyl (C=O) groups is 1. The molecule has 3 aromatic carbocycles. The van der Waals surface area contributed by atoms with E-state index in [1.165, 1.54) is 5.56 Å². The van der Waals surface area contributed by atoms with Crippen LogP contribution in [0.5, 0.6) is 0 Å². The third kappa shape index (κ3) is 6.19. The van der Waals surface area contributed by atoms with E-state index in [4.69, 9.17) is 10.7 Å². The van der Waals surface area contributed by atoms with Crippen molar-refractivity contribution < 1.29 is 4.79 Å². The SMILES string of the molecule is C=C(NCCN)c1ccc(Nc2nc(-c3cccc(NC(=O)c4ccc(C(C)(C)C)cc4)c3C)cn3ccnc23)cc1. The topological polar surface area (TPSA) is 109 Å². The first-order chi connectivity index (χ1) is 20.1. The average molecular weight is 560 g/mol. The van der Waals surface area contributed by atoms with Crippen molar-refractivity contribution in [2.75, 3.05) is 23.7 Å². The molecule has 5 rings (SSSR count). The first-order valence-corrected chi connectivity index (χ1v) is 14.0. The maximum Gasteiger partial charge on any atom is 0.255 e. The van der Waals surface area contributed by atoms with Crippen LogP contribution in [0.15, 0.2) is 91.9 Å². The summed E-state index contributed by atoms with van der Waals surface area (Å²) in [5, 5.41) is 9.72. The summed E-state index contributed by atoms with van der Waals surface area (Å²) in [5.74, 6) is 0.471. The number of amides is 1. The van der Waals surface area contributed by atoms with Gasteiger partial charge in [-0.05, 0) is 59.4 Å². The van der Waals surface area contributed by atoms with Crippen LogP contribution in [0, 0.1) is 6.92 Å². The lowest BCUT2D eigenvalue weighted by molar-refractivity contribution is 0.102. The van der Waals surface area contributed by atoms with Gasteiger partial charge >= 0.3 is 0 Å². The molecule has 5 aromatic rings. The van der Waals surface area contributed by atoms with Gasteiger partial charge in [-0.3, -0.25) is 4.79 Å². The lowest BCUT2D eigenvalue weighted by atomic mass is 9.86. The lowest BCUT2D eigenvalue weighted by Crippen LogP contribution is -2.20. The number of benzene rings is 3. The largest absolute Gasteiger partial charge is 0.384 e. The molecule has 2 heterocycles. The molecule has 214 valence electrons. The van der Waals surface area contributed by atoms with Gasteiger partial charge in [0.15, 0.2) is 11.5 Å². The Morgan fingerprint density at radius 1 is 1.00 bits per heavy atom. The predicted molar refractivity (Wildman–Crippen MR) is 172 cm³/mol. The van der Waals surface area contributed by atoms with E-state index >= 15 is 0 Å². The number of carbonyl (C=O) groups excluding carboxylic acids is 1. The minimum atomic E-state index is -0.152. The monoisotopic (exact) mass is 559 g/mol. The number of hydrogen-bond donors (Lipinski definition) is 4. The molecule has 0 atom stereocenters. The fourth-order valence-corrected chi connectivity index (χ4v) is 4.73. The first kappa shape index (κ1) is 28.6. The Balaban J connectivity index is 1.40. The molecule has 8 nitrogen and oxygen atoms in total. The summed E-state index contributed by atoms with van der Waals surface area (Å²) in [6.07, 6.45) is 5.59. The molecule has 2 aromatic heterocycles. The van der Waals surface area contributed by atoms with E-state index in [0.717, 1.165) is 39.5 Å². The van der Waals surface area contributed by atoms with Gasteiger partial charge in [-0.1, -0.05) is 63.7 Å². The molecule has 0 saturated carbocycles. The van der Waals surface area contributed by atoms with Gasteiger partial charge < -0.3 is 26.1 Å². The summed E-state index contributed by atoms with van der Waals surface area (Å²) in [6.45, 7) is 13.8. The van der Waals surface area contributed by atoms with Gasteiger partial charge in [0.2, 0.25) is 0 Å². The quantitative estimate of drug-likeness (QED) is 0.164. The Morgan fingerprint density at radius 3 is 2.40 bits per heavy atom. The molecule has 0 aliphatic heterocycles. The van der Waals surface area contributed by atoms with Crippen molar-refractivity contribution in [2.45, 2.75) is 33.1 Å². The highest BCUT2D eigenvalue weighted by molar-refractivity contribution is 6.05. The minimum absolute atomic E-state index is 0.0253. The molecule has 0 bridgehead atoms. The first-order valence-electron chi connectivity index (χ1n) is 14.0. The summed E-state index contributed by atoms with van der Waals surface area (Å²) in [6, 6.07) is 21.6. The van der Waals surface area contributed by atoms with Gasteiger partial charge in [0, 0.05) is 59.9 Å². The van der Waals surface area contributed by atoms with Crippen molar-refractivity contribution in [3.63, 3.8) is 0 Å². The van der Waals surface area contributed by atoms with Crippen LogP contribution in [-0.2, 0) is 5.41 Å². The van der Waals surface area contributed by atoms with Crippen LogP contribution in [0.4, 0.5) is 17.2 Å². The molecule has 5 N–H and O–H groups in total. The number of nitrogens with zero attached hydrogens (tertiary/aromatic N) is 3. The van der Waals surface area contributed by atoms with E-state index in [0.29, 0.717) is 30.1 Å². The number of anilines is 3. The van der Waals surface area contributed by atoms with E-state index in [-0.39, 0.29) is 11.3 Å². The highest BCUT2D eigenvalue weighted by Crippen LogP contribution is 2.31. The Kier molecular flexibility index (Phi) is 8.08. The summed E-state index contributed by atoms with van der Waals surface area (Å²) in [4.78, 5) is 22.6. The second-order valence-electron chi connectivity index (χ2n) is 11.3. The van der Waals surface area contributed by atoms with Crippen molar-refractivity contribution in [1.82, 2.24) is 19.7 Å². The molecule has 0 saturated heterocycles. The molecular formula is C34H37N7O. The van der Waals surface area contributed by atoms with E-state index in [1.54, 1.807) is 6.20 Å². The van der Waals surface area contributed by atoms with Crippen LogP contribution < -0.4 is 21.7 Å². The number of rotatable bonds is 9. The molecular weight excluding hydrogens is 522 g/mol. The van der Waals surface area contributed by atoms with Crippen molar-refractivity contribution >= 4 is 34.4 Å². The zero-order valence-electron chi connectivity index (χ0n) is 24.5. The van der Waals surface area contributed by atoms with Crippen LogP contribution in [0.25, 0.3) is 22.6 Å². The highest BCUT2D eigenvalue weighted by Gasteiger charge is 2.17. The van der Waals surface area contributed by atoms with Gasteiger partial charge in [0.25, 0.3) is 5.91 Å². The number of fused-ring (bicyclic) bond motifs is 1. The molecule has 0 aliphatic carbocycles. The Labute approximate surface area is 246 Å².